The number of hydrogen-bond acceptors (Lipinski definition) is 4. The van der Waals surface area contributed by atoms with Crippen LogP contribution in [0.3, 0.4) is 0 Å². The first kappa shape index (κ1) is 10.0. The molecule has 0 aliphatic rings. The molecule has 7 heteroatoms. The van der Waals surface area contributed by atoms with Crippen LogP contribution in [0.4, 0.5) is 3.89 Å². The quantitative estimate of drug-likeness (QED) is 0.760. The number of aromatic nitrogens is 1. The topological polar surface area (TPSA) is 47.0 Å². The summed E-state index contributed by atoms with van der Waals surface area (Å²) in [6.07, 6.45) is 0. The molecule has 0 aliphatic carbocycles. The Morgan fingerprint density at radius 2 is 2.14 bits per heavy atom. The number of halogens is 2. The minimum Gasteiger partial charge on any atom is -0.223 e. The van der Waals surface area contributed by atoms with Crippen molar-refractivity contribution in [3.63, 3.8) is 0 Å². The van der Waals surface area contributed by atoms with Gasteiger partial charge in [0.25, 0.3) is 0 Å². The van der Waals surface area contributed by atoms with Gasteiger partial charge < -0.3 is 0 Å². The van der Waals surface area contributed by atoms with Crippen LogP contribution < -0.4 is 0 Å². The van der Waals surface area contributed by atoms with Crippen LogP contribution in [0, 0.1) is 0 Å². The minimum absolute atomic E-state index is 0.481. The maximum absolute atomic E-state index is 12.6. The van der Waals surface area contributed by atoms with Gasteiger partial charge in [-0.05, 0) is 18.2 Å². The molecule has 74 valence electrons. The molecule has 0 fully saturated rings. The molecule has 0 bridgehead atoms. The Bertz CT molecular complexity index is 593. The first-order valence-electron chi connectivity index (χ1n) is 3.47. The van der Waals surface area contributed by atoms with E-state index in [2.05, 4.69) is 20.9 Å². The summed E-state index contributed by atoms with van der Waals surface area (Å²) in [6.45, 7) is 0. The van der Waals surface area contributed by atoms with Crippen molar-refractivity contribution in [1.82, 2.24) is 4.98 Å². The van der Waals surface area contributed by atoms with Crippen molar-refractivity contribution in [1.29, 1.82) is 0 Å². The zero-order chi connectivity index (χ0) is 10.3. The Morgan fingerprint density at radius 3 is 2.79 bits per heavy atom. The normalized spacial score (nSPS) is 12.1. The van der Waals surface area contributed by atoms with Gasteiger partial charge in [-0.1, -0.05) is 19.8 Å². The standard InChI is InChI=1S/C7H3BrFNO2S2/c8-4-1-2-5-6(3-4)13-7(10-5)14(9,11)12/h1-3H. The van der Waals surface area contributed by atoms with Gasteiger partial charge in [0, 0.05) is 4.47 Å². The lowest BCUT2D eigenvalue weighted by Gasteiger charge is -1.86. The highest BCUT2D eigenvalue weighted by Crippen LogP contribution is 2.28. The third-order valence-electron chi connectivity index (χ3n) is 1.54. The van der Waals surface area contributed by atoms with Gasteiger partial charge in [-0.3, -0.25) is 0 Å². The average Bonchev–Trinajstić information content (AvgIpc) is 2.45. The van der Waals surface area contributed by atoms with E-state index < -0.39 is 14.6 Å². The van der Waals surface area contributed by atoms with Gasteiger partial charge in [0.05, 0.1) is 10.2 Å². The third-order valence-corrected chi connectivity index (χ3v) is 4.20. The van der Waals surface area contributed by atoms with Crippen molar-refractivity contribution in [3.8, 4) is 0 Å². The molecule has 0 aliphatic heterocycles. The van der Waals surface area contributed by atoms with E-state index in [1.807, 2.05) is 0 Å². The first-order chi connectivity index (χ1) is 6.47. The Kier molecular flexibility index (Phi) is 2.32. The molecule has 1 aromatic carbocycles. The summed E-state index contributed by atoms with van der Waals surface area (Å²) in [7, 11) is -4.69. The zero-order valence-corrected chi connectivity index (χ0v) is 9.79. The van der Waals surface area contributed by atoms with E-state index in [0.717, 1.165) is 15.8 Å². The van der Waals surface area contributed by atoms with Crippen molar-refractivity contribution in [2.24, 2.45) is 0 Å². The molecule has 0 N–H and O–H groups in total. The van der Waals surface area contributed by atoms with Gasteiger partial charge in [-0.2, -0.15) is 8.42 Å². The number of fused-ring (bicyclic) bond motifs is 1. The minimum atomic E-state index is -4.69. The molecule has 2 aromatic rings. The highest BCUT2D eigenvalue weighted by Gasteiger charge is 2.17. The second-order valence-corrected chi connectivity index (χ2v) is 6.00. The lowest BCUT2D eigenvalue weighted by atomic mass is 10.3. The van der Waals surface area contributed by atoms with E-state index >= 15 is 0 Å². The molecule has 0 radical (unpaired) electrons. The fourth-order valence-corrected chi connectivity index (χ4v) is 3.11. The van der Waals surface area contributed by atoms with Crippen molar-refractivity contribution >= 4 is 47.7 Å². The van der Waals surface area contributed by atoms with Crippen molar-refractivity contribution in [2.45, 2.75) is 4.34 Å². The zero-order valence-electron chi connectivity index (χ0n) is 6.57. The Morgan fingerprint density at radius 1 is 1.43 bits per heavy atom. The second-order valence-electron chi connectivity index (χ2n) is 2.53. The van der Waals surface area contributed by atoms with E-state index in [9.17, 15) is 12.3 Å². The molecule has 0 spiro atoms. The molecule has 3 nitrogen and oxygen atoms in total. The molecule has 14 heavy (non-hydrogen) atoms. The maximum Gasteiger partial charge on any atom is 0.359 e. The molecule has 2 rings (SSSR count). The van der Waals surface area contributed by atoms with Crippen LogP contribution >= 0.6 is 27.3 Å². The largest absolute Gasteiger partial charge is 0.359 e. The summed E-state index contributed by atoms with van der Waals surface area (Å²) >= 11 is 4.04. The summed E-state index contributed by atoms with van der Waals surface area (Å²) in [4.78, 5) is 3.66. The summed E-state index contributed by atoms with van der Waals surface area (Å²) in [5.74, 6) is 0. The fourth-order valence-electron chi connectivity index (χ4n) is 0.982. The fraction of sp³-hybridized carbons (Fsp3) is 0. The molecule has 0 atom stereocenters. The predicted octanol–water partition coefficient (Wildman–Crippen LogP) is 2.72. The smallest absolute Gasteiger partial charge is 0.223 e. The molecule has 1 aromatic heterocycles. The van der Waals surface area contributed by atoms with Crippen LogP contribution in [-0.2, 0) is 10.2 Å². The van der Waals surface area contributed by atoms with Gasteiger partial charge in [0.1, 0.15) is 0 Å². The van der Waals surface area contributed by atoms with Crippen LogP contribution in [0.1, 0.15) is 0 Å². The highest BCUT2D eigenvalue weighted by atomic mass is 79.9. The van der Waals surface area contributed by atoms with E-state index in [4.69, 9.17) is 0 Å². The van der Waals surface area contributed by atoms with Crippen LogP contribution in [0.15, 0.2) is 27.0 Å². The summed E-state index contributed by atoms with van der Waals surface area (Å²) < 4.78 is 34.6. The lowest BCUT2D eigenvalue weighted by Crippen LogP contribution is -1.88. The van der Waals surface area contributed by atoms with Crippen LogP contribution in [0.5, 0.6) is 0 Å². The van der Waals surface area contributed by atoms with Gasteiger partial charge in [-0.15, -0.1) is 11.3 Å². The van der Waals surface area contributed by atoms with Crippen molar-refractivity contribution in [3.05, 3.63) is 22.7 Å². The number of benzene rings is 1. The first-order valence-corrected chi connectivity index (χ1v) is 6.47. The lowest BCUT2D eigenvalue weighted by molar-refractivity contribution is 0.551. The Labute approximate surface area is 91.9 Å². The number of rotatable bonds is 1. The third kappa shape index (κ3) is 1.79. The molecular weight excluding hydrogens is 293 g/mol. The summed E-state index contributed by atoms with van der Waals surface area (Å²) in [5, 5.41) is 0. The predicted molar refractivity (Wildman–Crippen MR) is 55.6 cm³/mol. The van der Waals surface area contributed by atoms with E-state index in [0.29, 0.717) is 10.2 Å². The number of thiazole rings is 1. The summed E-state index contributed by atoms with van der Waals surface area (Å²) in [5.41, 5.74) is 0.481. The second kappa shape index (κ2) is 3.25. The molecule has 0 saturated heterocycles. The van der Waals surface area contributed by atoms with Crippen LogP contribution in [0.2, 0.25) is 0 Å². The van der Waals surface area contributed by atoms with Crippen LogP contribution in [0.25, 0.3) is 10.2 Å². The Hall–Kier alpha value is -0.530. The SMILES string of the molecule is O=S(=O)(F)c1nc2ccc(Br)cc2s1. The molecular formula is C7H3BrFNO2S2. The van der Waals surface area contributed by atoms with Gasteiger partial charge in [0.15, 0.2) is 0 Å². The van der Waals surface area contributed by atoms with Gasteiger partial charge in [0.2, 0.25) is 4.34 Å². The van der Waals surface area contributed by atoms with E-state index in [1.165, 1.54) is 0 Å². The van der Waals surface area contributed by atoms with Crippen molar-refractivity contribution in [2.75, 3.05) is 0 Å². The molecule has 0 amide bonds. The monoisotopic (exact) mass is 295 g/mol. The van der Waals surface area contributed by atoms with E-state index in [-0.39, 0.29) is 0 Å². The van der Waals surface area contributed by atoms with Gasteiger partial charge >= 0.3 is 10.2 Å². The average molecular weight is 296 g/mol. The maximum atomic E-state index is 12.6. The Balaban J connectivity index is 2.75. The molecule has 1 heterocycles. The van der Waals surface area contributed by atoms with Gasteiger partial charge in [-0.25, -0.2) is 4.98 Å². The van der Waals surface area contributed by atoms with E-state index in [1.54, 1.807) is 18.2 Å². The highest BCUT2D eigenvalue weighted by molar-refractivity contribution is 9.10. The van der Waals surface area contributed by atoms with Crippen LogP contribution in [-0.4, -0.2) is 13.4 Å². The number of hydrogen-bond donors (Lipinski definition) is 0. The molecule has 0 saturated carbocycles. The summed E-state index contributed by atoms with van der Waals surface area (Å²) in [6, 6.07) is 5.04. The van der Waals surface area contributed by atoms with Crippen molar-refractivity contribution < 1.29 is 12.3 Å². The number of nitrogens with zero attached hydrogens (tertiary/aromatic N) is 1. The molecule has 0 unspecified atom stereocenters.